The van der Waals surface area contributed by atoms with Crippen LogP contribution in [0.25, 0.3) is 0 Å². The highest BCUT2D eigenvalue weighted by atomic mass is 16.4. The molecule has 0 heterocycles. The first-order chi connectivity index (χ1) is 64.8. The van der Waals surface area contributed by atoms with Crippen molar-refractivity contribution >= 4 is 5.97 Å². The quantitative estimate of drug-likeness (QED) is 0.0286. The lowest BCUT2D eigenvalue weighted by atomic mass is 10.0. The average Bonchev–Trinajstić information content (AvgIpc) is 0.901. The van der Waals surface area contributed by atoms with E-state index >= 15 is 0 Å². The molecule has 132 heavy (non-hydrogen) atoms. The first-order valence-corrected chi connectivity index (χ1v) is 61.3. The molecule has 0 spiro atoms. The number of carboxylic acids is 1. The number of rotatable bonds is 107. The molecule has 0 fully saturated rings. The molecule has 9 heteroatoms. The van der Waals surface area contributed by atoms with Crippen LogP contribution in [-0.2, 0) is 11.3 Å². The zero-order valence-corrected chi connectivity index (χ0v) is 93.1. The van der Waals surface area contributed by atoms with Gasteiger partial charge in [-0.3, -0.25) is 4.79 Å². The van der Waals surface area contributed by atoms with Crippen molar-refractivity contribution in [2.24, 2.45) is 0 Å². The Labute approximate surface area is 833 Å². The third-order valence-electron chi connectivity index (χ3n) is 28.9. The summed E-state index contributed by atoms with van der Waals surface area (Å²) < 4.78 is 2.36. The van der Waals surface area contributed by atoms with E-state index in [2.05, 4.69) is 105 Å². The van der Waals surface area contributed by atoms with E-state index in [-0.39, 0.29) is 13.2 Å². The Morgan fingerprint density at radius 3 is 0.576 bits per heavy atom. The first kappa shape index (κ1) is 137. The molecule has 0 aliphatic carbocycles. The average molecular weight is 1870 g/mol. The third kappa shape index (κ3) is 130. The molecule has 0 amide bonds. The number of hydrogen-bond donors (Lipinski definition) is 6. The van der Waals surface area contributed by atoms with E-state index in [0.29, 0.717) is 6.42 Å². The summed E-state index contributed by atoms with van der Waals surface area (Å²) >= 11 is 0. The van der Waals surface area contributed by atoms with Crippen molar-refractivity contribution < 1.29 is 45.4 Å². The van der Waals surface area contributed by atoms with Crippen LogP contribution in [0.4, 0.5) is 0 Å². The van der Waals surface area contributed by atoms with E-state index in [1.165, 1.54) is 632 Å². The normalized spacial score (nSPS) is 11.6. The maximum absolute atomic E-state index is 10.3. The second-order valence-corrected chi connectivity index (χ2v) is 43.8. The first-order valence-electron chi connectivity index (χ1n) is 61.3. The SMILES string of the molecule is CCCCCCCCCCCCCCCCCC[N+](C)(C)CCCCCCCCCCCCCCCCCC.CCCCCCCCCCCCCCCCCC[N+](C)(C)Cc1ccccc1.CCCCCCCCCCCCCCCCCC[NH+](CCO)CCO.CCCCCCCCCCCCCCCCCC[NH3+].[NH3+]CCCCCCCCCCCCCCCCCC(=O)O. The molecule has 0 saturated carbocycles. The largest absolute Gasteiger partial charge is 0.481 e. The van der Waals surface area contributed by atoms with Gasteiger partial charge in [0, 0.05) is 12.0 Å². The number of unbranched alkanes of at least 4 members (excludes halogenated alkanes) is 89. The number of nitrogens with one attached hydrogen (secondary N) is 1. The molecule has 9 nitrogen and oxygen atoms in total. The van der Waals surface area contributed by atoms with E-state index in [4.69, 9.17) is 15.3 Å². The topological polar surface area (TPSA) is 137 Å². The fourth-order valence-electron chi connectivity index (χ4n) is 19.6. The Balaban J connectivity index is -0.000000795. The minimum Gasteiger partial charge on any atom is -0.481 e. The van der Waals surface area contributed by atoms with Crippen LogP contribution < -0.4 is 16.4 Å². The molecule has 0 radical (unpaired) electrons. The maximum atomic E-state index is 10.3. The standard InChI is InChI=1S/C38H80N.C27H50N.C22H47NO2.C18H37NO2.C18H39N/c1-5-7-9-11-13-15-17-19-21-23-25-27-29-31-33-35-37-39(3,4)38-36-34-32-30-28-26-24-22-20-18-16-14-12-10-8-6-2;1-4-5-6-7-8-9-10-11-12-13-14-15-16-17-18-22-25-28(2,3)26-27-23-20-19-21-24-27;1-2-3-4-5-6-7-8-9-10-11-12-13-14-15-16-17-18-23(19-21-24)20-22-25;19-17-15-13-11-9-7-5-3-1-2-4-6-8-10-12-14-16-18(20)21;1-2-3-4-5-6-7-8-9-10-11-12-13-14-15-16-17-18-19/h5-38H2,1-4H3;19-21,23-24H,4-18,22,25-26H2,1-3H3;24-25H,2-22H2,1H3;1-17,19H2,(H,20,21);2-19H2,1H3/q2*+1;;;/p+3. The van der Waals surface area contributed by atoms with Gasteiger partial charge in [0.05, 0.1) is 80.7 Å². The van der Waals surface area contributed by atoms with Gasteiger partial charge in [-0.2, -0.15) is 0 Å². The van der Waals surface area contributed by atoms with Crippen LogP contribution in [0.15, 0.2) is 30.3 Å². The van der Waals surface area contributed by atoms with Crippen molar-refractivity contribution in [1.29, 1.82) is 0 Å². The summed E-state index contributed by atoms with van der Waals surface area (Å²) in [7, 11) is 9.68. The molecule has 1 aromatic carbocycles. The van der Waals surface area contributed by atoms with Crippen LogP contribution >= 0.6 is 0 Å². The summed E-state index contributed by atoms with van der Waals surface area (Å²) in [5.41, 5.74) is 9.22. The fourth-order valence-corrected chi connectivity index (χ4v) is 19.6. The van der Waals surface area contributed by atoms with Crippen molar-refractivity contribution in [1.82, 2.24) is 0 Å². The fraction of sp³-hybridized carbons (Fsp3) is 0.943. The smallest absolute Gasteiger partial charge is 0.303 e. The maximum Gasteiger partial charge on any atom is 0.303 e. The van der Waals surface area contributed by atoms with Crippen molar-refractivity contribution in [2.45, 2.75) is 658 Å². The lowest BCUT2D eigenvalue weighted by Gasteiger charge is -2.30. The highest BCUT2D eigenvalue weighted by Gasteiger charge is 2.17. The molecule has 1 aromatic rings. The van der Waals surface area contributed by atoms with Gasteiger partial charge in [0.2, 0.25) is 0 Å². The number of benzene rings is 1. The summed E-state index contributed by atoms with van der Waals surface area (Å²) in [6.07, 6.45) is 136. The van der Waals surface area contributed by atoms with E-state index in [9.17, 15) is 4.79 Å². The van der Waals surface area contributed by atoms with Crippen LogP contribution in [0.2, 0.25) is 0 Å². The summed E-state index contributed by atoms with van der Waals surface area (Å²) in [6, 6.07) is 10.9. The van der Waals surface area contributed by atoms with Gasteiger partial charge >= 0.3 is 5.97 Å². The number of aliphatic hydroxyl groups excluding tert-OH is 2. The van der Waals surface area contributed by atoms with Crippen LogP contribution in [0, 0.1) is 0 Å². The van der Waals surface area contributed by atoms with Gasteiger partial charge in [-0.25, -0.2) is 0 Å². The number of aliphatic carboxylic acids is 1. The van der Waals surface area contributed by atoms with Gasteiger partial charge in [0.25, 0.3) is 0 Å². The lowest BCUT2D eigenvalue weighted by molar-refractivity contribution is -0.903. The predicted molar refractivity (Wildman–Crippen MR) is 593 cm³/mol. The van der Waals surface area contributed by atoms with E-state index < -0.39 is 5.97 Å². The highest BCUT2D eigenvalue weighted by molar-refractivity contribution is 5.66. The molecule has 0 saturated heterocycles. The van der Waals surface area contributed by atoms with Crippen LogP contribution in [0.3, 0.4) is 0 Å². The molecule has 10 N–H and O–H groups in total. The van der Waals surface area contributed by atoms with Gasteiger partial charge < -0.3 is 40.7 Å². The zero-order chi connectivity index (χ0) is 96.9. The second kappa shape index (κ2) is 124. The van der Waals surface area contributed by atoms with Crippen molar-refractivity contribution in [3.8, 4) is 0 Å². The molecular weight excluding hydrogens is 1610 g/mol. The zero-order valence-electron chi connectivity index (χ0n) is 93.1. The summed E-state index contributed by atoms with van der Waals surface area (Å²) in [5, 5.41) is 26.5. The van der Waals surface area contributed by atoms with E-state index in [1.807, 2.05) is 0 Å². The highest BCUT2D eigenvalue weighted by Crippen LogP contribution is 2.23. The molecule has 1 rings (SSSR count). The molecule has 0 aliphatic heterocycles. The van der Waals surface area contributed by atoms with Gasteiger partial charge in [0.15, 0.2) is 0 Å². The van der Waals surface area contributed by atoms with Gasteiger partial charge in [-0.1, -0.05) is 591 Å². The van der Waals surface area contributed by atoms with Gasteiger partial charge in [0.1, 0.15) is 19.6 Å². The number of carbonyl (C=O) groups is 1. The van der Waals surface area contributed by atoms with Crippen molar-refractivity contribution in [2.75, 3.05) is 93.8 Å². The molecule has 0 atom stereocenters. The molecule has 0 unspecified atom stereocenters. The van der Waals surface area contributed by atoms with Crippen LogP contribution in [0.1, 0.15) is 657 Å². The molecule has 0 bridgehead atoms. The number of carboxylic acid groups (broad SMARTS) is 1. The minimum atomic E-state index is -0.655. The number of hydrogen-bond acceptors (Lipinski definition) is 3. The Morgan fingerprint density at radius 1 is 0.227 bits per heavy atom. The van der Waals surface area contributed by atoms with Crippen molar-refractivity contribution in [3.63, 3.8) is 0 Å². The summed E-state index contributed by atoms with van der Waals surface area (Å²) in [5.74, 6) is -0.655. The molecular formula is C123H256N5O4+5. The summed E-state index contributed by atoms with van der Waals surface area (Å²) in [4.78, 5) is 11.7. The Bertz CT molecular complexity index is 2070. The Kier molecular flexibility index (Phi) is 128. The van der Waals surface area contributed by atoms with E-state index in [1.54, 1.807) is 0 Å². The van der Waals surface area contributed by atoms with Crippen molar-refractivity contribution in [3.05, 3.63) is 35.9 Å². The minimum absolute atomic E-state index is 0.230. The molecule has 792 valence electrons. The number of aliphatic hydroxyl groups is 2. The van der Waals surface area contributed by atoms with Crippen LogP contribution in [-0.4, -0.2) is 124 Å². The van der Waals surface area contributed by atoms with Gasteiger partial charge in [-0.05, 0) is 83.5 Å². The second-order valence-electron chi connectivity index (χ2n) is 43.8. The molecule has 0 aromatic heterocycles. The Morgan fingerprint density at radius 2 is 0.394 bits per heavy atom. The molecule has 0 aliphatic rings. The third-order valence-corrected chi connectivity index (χ3v) is 28.9. The monoisotopic (exact) mass is 1870 g/mol. The van der Waals surface area contributed by atoms with E-state index in [0.717, 1.165) is 56.6 Å². The lowest BCUT2D eigenvalue weighted by Crippen LogP contribution is -3.13. The summed E-state index contributed by atoms with van der Waals surface area (Å²) in [6.45, 7) is 22.0. The Hall–Kier alpha value is -1.59. The van der Waals surface area contributed by atoms with Crippen LogP contribution in [0.5, 0.6) is 0 Å². The number of quaternary nitrogens is 5. The predicted octanol–water partition coefficient (Wildman–Crippen LogP) is 36.3. The van der Waals surface area contributed by atoms with Gasteiger partial charge in [-0.15, -0.1) is 0 Å². The number of nitrogens with zero attached hydrogens (tertiary/aromatic N) is 2.